The normalized spacial score (nSPS) is 9.93. The van der Waals surface area contributed by atoms with E-state index in [1.165, 1.54) is 0 Å². The zero-order chi connectivity index (χ0) is 22.8. The van der Waals surface area contributed by atoms with Crippen molar-refractivity contribution in [1.82, 2.24) is 0 Å². The number of rotatable bonds is 12. The van der Waals surface area contributed by atoms with E-state index in [-0.39, 0.29) is 48.1 Å². The molecule has 0 aromatic rings. The van der Waals surface area contributed by atoms with Gasteiger partial charge < -0.3 is 20.4 Å². The maximum Gasteiger partial charge on any atom is 4.00 e. The Bertz CT molecular complexity index is 187. The molecule has 0 unspecified atom stereocenters. The molecule has 0 atom stereocenters. The Balaban J connectivity index is -0.0000000873. The molecule has 0 aliphatic carbocycles. The van der Waals surface area contributed by atoms with E-state index in [1.54, 1.807) is 0 Å². The molecular formula is C24H52O4Ti. The standard InChI is InChI=1S/4C6H13O.Ti/c4*1-6(2)4-3-5-7;/h4*6H,3-5H2,1-2H3;/q4*-1;+4. The van der Waals surface area contributed by atoms with E-state index in [1.807, 2.05) is 0 Å². The topological polar surface area (TPSA) is 92.2 Å². The average Bonchev–Trinajstić information content (AvgIpc) is 2.62. The van der Waals surface area contributed by atoms with Gasteiger partial charge >= 0.3 is 21.7 Å². The van der Waals surface area contributed by atoms with Crippen LogP contribution in [-0.4, -0.2) is 26.4 Å². The molecule has 0 saturated heterocycles. The van der Waals surface area contributed by atoms with E-state index in [0.29, 0.717) is 23.7 Å². The Morgan fingerprint density at radius 1 is 0.379 bits per heavy atom. The molecule has 0 aromatic heterocycles. The smallest absolute Gasteiger partial charge is 0.854 e. The van der Waals surface area contributed by atoms with Gasteiger partial charge in [-0.1, -0.05) is 107 Å². The molecule has 0 rings (SSSR count). The van der Waals surface area contributed by atoms with Gasteiger partial charge in [0.1, 0.15) is 0 Å². The van der Waals surface area contributed by atoms with Gasteiger partial charge in [-0.2, -0.15) is 0 Å². The molecule has 4 nitrogen and oxygen atoms in total. The fraction of sp³-hybridized carbons (Fsp3) is 1.00. The molecular weight excluding hydrogens is 400 g/mol. The SMILES string of the molecule is CC(C)CCC[O-].CC(C)CCC[O-].CC(C)CCC[O-].CC(C)CCC[O-].[Ti+4]. The van der Waals surface area contributed by atoms with E-state index >= 15 is 0 Å². The van der Waals surface area contributed by atoms with Crippen LogP contribution in [0.4, 0.5) is 0 Å². The molecule has 0 radical (unpaired) electrons. The minimum absolute atomic E-state index is 0. The van der Waals surface area contributed by atoms with Gasteiger partial charge in [0, 0.05) is 0 Å². The van der Waals surface area contributed by atoms with Gasteiger partial charge in [-0.25, -0.2) is 0 Å². The second-order valence-corrected chi connectivity index (χ2v) is 8.96. The number of hydrogen-bond donors (Lipinski definition) is 0. The van der Waals surface area contributed by atoms with Crippen molar-refractivity contribution in [3.05, 3.63) is 0 Å². The van der Waals surface area contributed by atoms with Gasteiger partial charge in [-0.05, 0) is 23.7 Å². The summed E-state index contributed by atoms with van der Waals surface area (Å²) >= 11 is 0. The van der Waals surface area contributed by atoms with Crippen LogP contribution in [0, 0.1) is 23.7 Å². The van der Waals surface area contributed by atoms with Crippen molar-refractivity contribution in [3.63, 3.8) is 0 Å². The van der Waals surface area contributed by atoms with E-state index in [0.717, 1.165) is 51.4 Å². The van der Waals surface area contributed by atoms with Crippen LogP contribution < -0.4 is 20.4 Å². The quantitative estimate of drug-likeness (QED) is 0.425. The van der Waals surface area contributed by atoms with E-state index in [9.17, 15) is 20.4 Å². The molecule has 0 amide bonds. The van der Waals surface area contributed by atoms with Crippen molar-refractivity contribution in [2.75, 3.05) is 26.4 Å². The fourth-order valence-corrected chi connectivity index (χ4v) is 1.97. The molecule has 0 bridgehead atoms. The van der Waals surface area contributed by atoms with Crippen LogP contribution >= 0.6 is 0 Å². The summed E-state index contributed by atoms with van der Waals surface area (Å²) in [5.41, 5.74) is 0. The fourth-order valence-electron chi connectivity index (χ4n) is 1.97. The Morgan fingerprint density at radius 3 is 0.552 bits per heavy atom. The van der Waals surface area contributed by atoms with Crippen molar-refractivity contribution >= 4 is 0 Å². The van der Waals surface area contributed by atoms with Crippen LogP contribution in [0.15, 0.2) is 0 Å². The summed E-state index contributed by atoms with van der Waals surface area (Å²) in [4.78, 5) is 0. The first kappa shape index (κ1) is 40.0. The zero-order valence-electron chi connectivity index (χ0n) is 20.9. The summed E-state index contributed by atoms with van der Waals surface area (Å²) in [6.07, 6.45) is 7.73. The van der Waals surface area contributed by atoms with Crippen molar-refractivity contribution in [3.8, 4) is 0 Å². The Labute approximate surface area is 198 Å². The number of hydrogen-bond acceptors (Lipinski definition) is 4. The van der Waals surface area contributed by atoms with Gasteiger partial charge in [-0.15, -0.1) is 26.4 Å². The van der Waals surface area contributed by atoms with E-state index in [2.05, 4.69) is 55.4 Å². The van der Waals surface area contributed by atoms with Crippen LogP contribution in [0.1, 0.15) is 107 Å². The van der Waals surface area contributed by atoms with Gasteiger partial charge in [0.05, 0.1) is 0 Å². The predicted octanol–water partition coefficient (Wildman–Crippen LogP) is 3.13. The molecule has 0 heterocycles. The molecule has 5 heteroatoms. The van der Waals surface area contributed by atoms with Gasteiger partial charge in [0.2, 0.25) is 0 Å². The molecule has 0 aliphatic rings. The Hall–Kier alpha value is 0.554. The minimum atomic E-state index is 0. The molecule has 0 aliphatic heterocycles. The second kappa shape index (κ2) is 36.0. The predicted molar refractivity (Wildman–Crippen MR) is 116 cm³/mol. The Kier molecular flexibility index (Phi) is 49.6. The van der Waals surface area contributed by atoms with E-state index in [4.69, 9.17) is 0 Å². The summed E-state index contributed by atoms with van der Waals surface area (Å²) in [6, 6.07) is 0. The van der Waals surface area contributed by atoms with Crippen LogP contribution in [-0.2, 0) is 21.7 Å². The first-order chi connectivity index (χ1) is 13.1. The summed E-state index contributed by atoms with van der Waals surface area (Å²) in [6.45, 7) is 17.5. The van der Waals surface area contributed by atoms with Crippen LogP contribution in [0.2, 0.25) is 0 Å². The van der Waals surface area contributed by atoms with Crippen LogP contribution in [0.3, 0.4) is 0 Å². The van der Waals surface area contributed by atoms with E-state index < -0.39 is 0 Å². The molecule has 0 spiro atoms. The van der Waals surface area contributed by atoms with Crippen molar-refractivity contribution < 1.29 is 42.1 Å². The van der Waals surface area contributed by atoms with Crippen molar-refractivity contribution in [2.24, 2.45) is 23.7 Å². The molecule has 29 heavy (non-hydrogen) atoms. The van der Waals surface area contributed by atoms with Crippen LogP contribution in [0.25, 0.3) is 0 Å². The van der Waals surface area contributed by atoms with Gasteiger partial charge in [0.25, 0.3) is 0 Å². The van der Waals surface area contributed by atoms with Crippen molar-refractivity contribution in [2.45, 2.75) is 107 Å². The van der Waals surface area contributed by atoms with Crippen LogP contribution in [0.5, 0.6) is 0 Å². The molecule has 0 saturated carbocycles. The summed E-state index contributed by atoms with van der Waals surface area (Å²) in [5.74, 6) is 2.81. The first-order valence-corrected chi connectivity index (χ1v) is 11.4. The summed E-state index contributed by atoms with van der Waals surface area (Å²) < 4.78 is 0. The maximum absolute atomic E-state index is 9.83. The third-order valence-corrected chi connectivity index (χ3v) is 3.70. The first-order valence-electron chi connectivity index (χ1n) is 11.4. The third-order valence-electron chi connectivity index (χ3n) is 3.70. The largest absolute Gasteiger partial charge is 4.00 e. The van der Waals surface area contributed by atoms with Gasteiger partial charge in [-0.3, -0.25) is 0 Å². The minimum Gasteiger partial charge on any atom is -0.854 e. The molecule has 0 aromatic carbocycles. The maximum atomic E-state index is 9.83. The molecule has 0 N–H and O–H groups in total. The Morgan fingerprint density at radius 2 is 0.517 bits per heavy atom. The third kappa shape index (κ3) is 73.5. The average molecular weight is 453 g/mol. The molecule has 176 valence electrons. The summed E-state index contributed by atoms with van der Waals surface area (Å²) in [5, 5.41) is 39.3. The van der Waals surface area contributed by atoms with Gasteiger partial charge in [0.15, 0.2) is 0 Å². The molecule has 0 fully saturated rings. The zero-order valence-corrected chi connectivity index (χ0v) is 22.5. The summed E-state index contributed by atoms with van der Waals surface area (Å²) in [7, 11) is 0. The monoisotopic (exact) mass is 452 g/mol. The second-order valence-electron chi connectivity index (χ2n) is 8.96. The van der Waals surface area contributed by atoms with Crippen molar-refractivity contribution in [1.29, 1.82) is 0 Å².